The van der Waals surface area contributed by atoms with Gasteiger partial charge in [-0.3, -0.25) is 9.89 Å². The molecule has 0 spiro atoms. The molecular weight excluding hydrogens is 206 g/mol. The van der Waals surface area contributed by atoms with Crippen molar-refractivity contribution in [1.82, 2.24) is 15.5 Å². The molecule has 1 rings (SSSR count). The second kappa shape index (κ2) is 6.27. The summed E-state index contributed by atoms with van der Waals surface area (Å²) in [6.07, 6.45) is 0.851. The Morgan fingerprint density at radius 1 is 1.69 bits per heavy atom. The number of nitrogens with zero attached hydrogens (tertiary/aromatic N) is 1. The minimum Gasteiger partial charge on any atom is -0.378 e. The van der Waals surface area contributed by atoms with Crippen LogP contribution in [0.15, 0.2) is 6.07 Å². The van der Waals surface area contributed by atoms with Gasteiger partial charge in [-0.1, -0.05) is 13.8 Å². The molecular formula is C11H19N3O2. The van der Waals surface area contributed by atoms with Gasteiger partial charge in [0, 0.05) is 13.0 Å². The molecule has 0 aromatic carbocycles. The van der Waals surface area contributed by atoms with Crippen molar-refractivity contribution >= 4 is 5.91 Å². The summed E-state index contributed by atoms with van der Waals surface area (Å²) in [4.78, 5) is 11.5. The van der Waals surface area contributed by atoms with Gasteiger partial charge in [-0.2, -0.15) is 5.10 Å². The van der Waals surface area contributed by atoms with E-state index in [1.165, 1.54) is 0 Å². The molecule has 2 N–H and O–H groups in total. The number of ether oxygens (including phenoxy) is 1. The topological polar surface area (TPSA) is 67.0 Å². The van der Waals surface area contributed by atoms with Crippen molar-refractivity contribution in [2.45, 2.75) is 33.4 Å². The molecule has 0 saturated carbocycles. The molecule has 1 heterocycles. The normalized spacial score (nSPS) is 12.4. The molecule has 5 nitrogen and oxygen atoms in total. The van der Waals surface area contributed by atoms with E-state index in [0.717, 1.165) is 17.8 Å². The number of carbonyl (C=O) groups is 1. The number of aromatic amines is 1. The molecule has 1 aromatic rings. The molecule has 0 radical (unpaired) electrons. The van der Waals surface area contributed by atoms with Crippen molar-refractivity contribution in [3.05, 3.63) is 17.5 Å². The second-order valence-electron chi connectivity index (χ2n) is 3.84. The summed E-state index contributed by atoms with van der Waals surface area (Å²) in [5.74, 6) is 0.131. The molecule has 0 aliphatic carbocycles. The van der Waals surface area contributed by atoms with Crippen molar-refractivity contribution in [3.63, 3.8) is 0 Å². The minimum absolute atomic E-state index is 0.0568. The smallest absolute Gasteiger partial charge is 0.223 e. The Balaban J connectivity index is 2.39. The third kappa shape index (κ3) is 3.66. The first-order valence-electron chi connectivity index (χ1n) is 5.47. The maximum atomic E-state index is 11.5. The van der Waals surface area contributed by atoms with Crippen LogP contribution in [0.25, 0.3) is 0 Å². The van der Waals surface area contributed by atoms with Crippen LogP contribution >= 0.6 is 0 Å². The van der Waals surface area contributed by atoms with Crippen LogP contribution in [-0.4, -0.2) is 23.2 Å². The van der Waals surface area contributed by atoms with Gasteiger partial charge in [0.15, 0.2) is 0 Å². The summed E-state index contributed by atoms with van der Waals surface area (Å²) < 4.78 is 4.95. The maximum Gasteiger partial charge on any atom is 0.223 e. The number of amides is 1. The van der Waals surface area contributed by atoms with Crippen LogP contribution in [0.3, 0.4) is 0 Å². The molecule has 0 fully saturated rings. The zero-order valence-corrected chi connectivity index (χ0v) is 10.0. The van der Waals surface area contributed by atoms with E-state index in [2.05, 4.69) is 15.5 Å². The lowest BCUT2D eigenvalue weighted by molar-refractivity contribution is -0.124. The fourth-order valence-corrected chi connectivity index (χ4v) is 1.26. The van der Waals surface area contributed by atoms with Gasteiger partial charge in [0.2, 0.25) is 5.91 Å². The van der Waals surface area contributed by atoms with Crippen LogP contribution in [0.5, 0.6) is 0 Å². The highest BCUT2D eigenvalue weighted by Crippen LogP contribution is 2.03. The maximum absolute atomic E-state index is 11.5. The van der Waals surface area contributed by atoms with Crippen LogP contribution < -0.4 is 5.32 Å². The average Bonchev–Trinajstić information content (AvgIpc) is 2.73. The van der Waals surface area contributed by atoms with Crippen molar-refractivity contribution in [2.24, 2.45) is 5.92 Å². The molecule has 0 saturated heterocycles. The van der Waals surface area contributed by atoms with Crippen molar-refractivity contribution in [1.29, 1.82) is 0 Å². The molecule has 0 bridgehead atoms. The molecule has 1 unspecified atom stereocenters. The Kier molecular flexibility index (Phi) is 4.98. The highest BCUT2D eigenvalue weighted by atomic mass is 16.5. The van der Waals surface area contributed by atoms with E-state index in [-0.39, 0.29) is 11.8 Å². The monoisotopic (exact) mass is 225 g/mol. The van der Waals surface area contributed by atoms with Gasteiger partial charge in [-0.15, -0.1) is 0 Å². The third-order valence-electron chi connectivity index (χ3n) is 2.49. The van der Waals surface area contributed by atoms with E-state index in [9.17, 15) is 4.79 Å². The molecule has 1 atom stereocenters. The van der Waals surface area contributed by atoms with E-state index in [0.29, 0.717) is 13.2 Å². The number of rotatable bonds is 6. The highest BCUT2D eigenvalue weighted by Gasteiger charge is 2.10. The van der Waals surface area contributed by atoms with Gasteiger partial charge in [0.1, 0.15) is 0 Å². The van der Waals surface area contributed by atoms with E-state index in [1.807, 2.05) is 19.9 Å². The number of methoxy groups -OCH3 is 1. The van der Waals surface area contributed by atoms with Crippen LogP contribution in [0, 0.1) is 5.92 Å². The molecule has 90 valence electrons. The van der Waals surface area contributed by atoms with Crippen LogP contribution in [-0.2, 0) is 22.7 Å². The van der Waals surface area contributed by atoms with Crippen LogP contribution in [0.4, 0.5) is 0 Å². The molecule has 1 amide bonds. The lowest BCUT2D eigenvalue weighted by Gasteiger charge is -2.08. The van der Waals surface area contributed by atoms with E-state index >= 15 is 0 Å². The Hall–Kier alpha value is -1.36. The number of nitrogens with one attached hydrogen (secondary N) is 2. The molecule has 0 aliphatic heterocycles. The fraction of sp³-hybridized carbons (Fsp3) is 0.636. The molecule has 5 heteroatoms. The largest absolute Gasteiger partial charge is 0.378 e. The third-order valence-corrected chi connectivity index (χ3v) is 2.49. The van der Waals surface area contributed by atoms with E-state index < -0.39 is 0 Å². The predicted molar refractivity (Wildman–Crippen MR) is 60.6 cm³/mol. The quantitative estimate of drug-likeness (QED) is 0.765. The Morgan fingerprint density at radius 3 is 3.06 bits per heavy atom. The highest BCUT2D eigenvalue weighted by molar-refractivity contribution is 5.78. The first-order chi connectivity index (χ1) is 7.67. The SMILES string of the molecule is CCC(C)C(=O)NCc1cc(COC)n[nH]1. The zero-order valence-electron chi connectivity index (χ0n) is 10.0. The fourth-order valence-electron chi connectivity index (χ4n) is 1.26. The Labute approximate surface area is 95.6 Å². The van der Waals surface area contributed by atoms with Gasteiger partial charge in [0.05, 0.1) is 24.5 Å². The van der Waals surface area contributed by atoms with Crippen molar-refractivity contribution in [2.75, 3.05) is 7.11 Å². The molecule has 1 aromatic heterocycles. The average molecular weight is 225 g/mol. The zero-order chi connectivity index (χ0) is 12.0. The van der Waals surface area contributed by atoms with Crippen LogP contribution in [0.2, 0.25) is 0 Å². The van der Waals surface area contributed by atoms with E-state index in [4.69, 9.17) is 4.74 Å². The number of carbonyl (C=O) groups excluding carboxylic acids is 1. The number of hydrogen-bond acceptors (Lipinski definition) is 3. The van der Waals surface area contributed by atoms with Gasteiger partial charge in [-0.25, -0.2) is 0 Å². The molecule has 16 heavy (non-hydrogen) atoms. The van der Waals surface area contributed by atoms with Gasteiger partial charge >= 0.3 is 0 Å². The number of aromatic nitrogens is 2. The summed E-state index contributed by atoms with van der Waals surface area (Å²) in [7, 11) is 1.62. The first-order valence-corrected chi connectivity index (χ1v) is 5.47. The second-order valence-corrected chi connectivity index (χ2v) is 3.84. The summed E-state index contributed by atoms with van der Waals surface area (Å²) >= 11 is 0. The van der Waals surface area contributed by atoms with Gasteiger partial charge in [-0.05, 0) is 12.5 Å². The standard InChI is InChI=1S/C11H19N3O2/c1-4-8(2)11(15)12-6-9-5-10(7-16-3)14-13-9/h5,8H,4,6-7H2,1-3H3,(H,12,15)(H,13,14). The lowest BCUT2D eigenvalue weighted by Crippen LogP contribution is -2.28. The summed E-state index contributed by atoms with van der Waals surface area (Å²) in [6.45, 7) is 4.88. The van der Waals surface area contributed by atoms with Crippen molar-refractivity contribution in [3.8, 4) is 0 Å². The minimum atomic E-state index is 0.0568. The van der Waals surface area contributed by atoms with Gasteiger partial charge in [0.25, 0.3) is 0 Å². The van der Waals surface area contributed by atoms with E-state index in [1.54, 1.807) is 7.11 Å². The summed E-state index contributed by atoms with van der Waals surface area (Å²) in [6, 6.07) is 1.89. The molecule has 0 aliphatic rings. The van der Waals surface area contributed by atoms with Crippen molar-refractivity contribution < 1.29 is 9.53 Å². The summed E-state index contributed by atoms with van der Waals surface area (Å²) in [5, 5.41) is 9.76. The first kappa shape index (κ1) is 12.7. The predicted octanol–water partition coefficient (Wildman–Crippen LogP) is 1.22. The summed E-state index contributed by atoms with van der Waals surface area (Å²) in [5.41, 5.74) is 1.74. The van der Waals surface area contributed by atoms with Crippen LogP contribution in [0.1, 0.15) is 31.7 Å². The Bertz CT molecular complexity index is 336. The number of hydrogen-bond donors (Lipinski definition) is 2. The number of H-pyrrole nitrogens is 1. The Morgan fingerprint density at radius 2 is 2.44 bits per heavy atom. The van der Waals surface area contributed by atoms with Gasteiger partial charge < -0.3 is 10.1 Å². The lowest BCUT2D eigenvalue weighted by atomic mass is 10.1.